The quantitative estimate of drug-likeness (QED) is 0.856. The van der Waals surface area contributed by atoms with Crippen LogP contribution in [0.25, 0.3) is 17.0 Å². The zero-order valence-electron chi connectivity index (χ0n) is 9.87. The summed E-state index contributed by atoms with van der Waals surface area (Å²) in [5.74, 6) is 0. The van der Waals surface area contributed by atoms with Crippen LogP contribution in [0.15, 0.2) is 36.5 Å². The Hall–Kier alpha value is -2.14. The van der Waals surface area contributed by atoms with Gasteiger partial charge in [-0.05, 0) is 42.8 Å². The van der Waals surface area contributed by atoms with Gasteiger partial charge in [0.25, 0.3) is 0 Å². The predicted octanol–water partition coefficient (Wildman–Crippen LogP) is 1.31. The molecule has 1 N–H and O–H groups in total. The van der Waals surface area contributed by atoms with Gasteiger partial charge in [0.15, 0.2) is 0 Å². The van der Waals surface area contributed by atoms with Crippen molar-refractivity contribution in [2.45, 2.75) is 6.42 Å². The van der Waals surface area contributed by atoms with Gasteiger partial charge in [-0.1, -0.05) is 6.08 Å². The van der Waals surface area contributed by atoms with E-state index in [0.717, 1.165) is 36.6 Å². The molecule has 0 amide bonds. The number of hydrogen-bond donors (Lipinski definition) is 1. The lowest BCUT2D eigenvalue weighted by Gasteiger charge is -2.12. The molecule has 0 radical (unpaired) electrons. The van der Waals surface area contributed by atoms with Gasteiger partial charge in [0.05, 0.1) is 5.69 Å². The van der Waals surface area contributed by atoms with Gasteiger partial charge in [-0.3, -0.25) is 0 Å². The summed E-state index contributed by atoms with van der Waals surface area (Å²) in [7, 11) is 0. The molecule has 0 aromatic carbocycles. The second-order valence-corrected chi connectivity index (χ2v) is 4.10. The largest absolute Gasteiger partial charge is 0.313 e. The Morgan fingerprint density at radius 3 is 2.44 bits per heavy atom. The monoisotopic (exact) mass is 239 g/mol. The van der Waals surface area contributed by atoms with Gasteiger partial charge in [0.2, 0.25) is 0 Å². The Bertz CT molecular complexity index is 547. The molecule has 3 rings (SSSR count). The van der Waals surface area contributed by atoms with E-state index in [9.17, 15) is 0 Å². The Morgan fingerprint density at radius 2 is 1.78 bits per heavy atom. The highest BCUT2D eigenvalue weighted by atomic mass is 15.1. The first-order valence-corrected chi connectivity index (χ1v) is 5.95. The molecule has 0 atom stereocenters. The molecular formula is C13H13N5. The molecule has 1 aliphatic rings. The lowest BCUT2D eigenvalue weighted by atomic mass is 10.1. The van der Waals surface area contributed by atoms with E-state index in [4.69, 9.17) is 0 Å². The van der Waals surface area contributed by atoms with Crippen molar-refractivity contribution in [1.82, 2.24) is 25.7 Å². The van der Waals surface area contributed by atoms with Crippen molar-refractivity contribution in [3.05, 3.63) is 42.2 Å². The van der Waals surface area contributed by atoms with Crippen molar-refractivity contribution < 1.29 is 0 Å². The number of nitrogens with zero attached hydrogens (tertiary/aromatic N) is 4. The van der Waals surface area contributed by atoms with Gasteiger partial charge in [-0.15, -0.1) is 10.2 Å². The lowest BCUT2D eigenvalue weighted by Crippen LogP contribution is -2.20. The second kappa shape index (κ2) is 5.01. The fourth-order valence-electron chi connectivity index (χ4n) is 1.93. The third kappa shape index (κ3) is 2.26. The first-order chi connectivity index (χ1) is 8.93. The van der Waals surface area contributed by atoms with Crippen LogP contribution in [0.4, 0.5) is 0 Å². The molecule has 0 saturated heterocycles. The summed E-state index contributed by atoms with van der Waals surface area (Å²) in [5, 5.41) is 19.6. The van der Waals surface area contributed by atoms with Gasteiger partial charge < -0.3 is 5.32 Å². The maximum absolute atomic E-state index is 4.26. The molecule has 2 aromatic rings. The number of nitrogens with one attached hydrogen (secondary N) is 1. The number of hydrogen-bond acceptors (Lipinski definition) is 5. The first-order valence-electron chi connectivity index (χ1n) is 5.95. The SMILES string of the molecule is C1=C(c2ccc(-c3cccnn3)nn2)CCNC1. The maximum Gasteiger partial charge on any atom is 0.113 e. The summed E-state index contributed by atoms with van der Waals surface area (Å²) in [6, 6.07) is 7.65. The molecule has 5 heteroatoms. The summed E-state index contributed by atoms with van der Waals surface area (Å²) in [6.45, 7) is 1.91. The molecule has 0 unspecified atom stereocenters. The van der Waals surface area contributed by atoms with Crippen LogP contribution in [0.5, 0.6) is 0 Å². The number of aromatic nitrogens is 4. The molecule has 0 bridgehead atoms. The van der Waals surface area contributed by atoms with E-state index in [2.05, 4.69) is 31.8 Å². The van der Waals surface area contributed by atoms with Crippen molar-refractivity contribution >= 4 is 5.57 Å². The van der Waals surface area contributed by atoms with Gasteiger partial charge in [0, 0.05) is 12.7 Å². The average Bonchev–Trinajstić information content (AvgIpc) is 2.49. The zero-order valence-corrected chi connectivity index (χ0v) is 9.87. The summed E-state index contributed by atoms with van der Waals surface area (Å²) in [4.78, 5) is 0. The molecule has 1 aliphatic heterocycles. The van der Waals surface area contributed by atoms with Gasteiger partial charge >= 0.3 is 0 Å². The lowest BCUT2D eigenvalue weighted by molar-refractivity contribution is 0.735. The van der Waals surface area contributed by atoms with Gasteiger partial charge in [-0.2, -0.15) is 10.2 Å². The zero-order chi connectivity index (χ0) is 12.2. The van der Waals surface area contributed by atoms with E-state index in [0.29, 0.717) is 0 Å². The highest BCUT2D eigenvalue weighted by Gasteiger charge is 2.08. The van der Waals surface area contributed by atoms with Crippen LogP contribution >= 0.6 is 0 Å². The van der Waals surface area contributed by atoms with Crippen LogP contribution in [0.1, 0.15) is 12.1 Å². The predicted molar refractivity (Wildman–Crippen MR) is 68.5 cm³/mol. The molecule has 0 saturated carbocycles. The molecule has 0 aliphatic carbocycles. The number of rotatable bonds is 2. The van der Waals surface area contributed by atoms with E-state index in [1.807, 2.05) is 24.3 Å². The van der Waals surface area contributed by atoms with E-state index in [-0.39, 0.29) is 0 Å². The molecule has 0 spiro atoms. The molecule has 5 nitrogen and oxygen atoms in total. The van der Waals surface area contributed by atoms with Crippen LogP contribution in [0.2, 0.25) is 0 Å². The van der Waals surface area contributed by atoms with Crippen LogP contribution in [-0.2, 0) is 0 Å². The van der Waals surface area contributed by atoms with E-state index >= 15 is 0 Å². The smallest absolute Gasteiger partial charge is 0.113 e. The average molecular weight is 239 g/mol. The van der Waals surface area contributed by atoms with Crippen molar-refractivity contribution in [3.8, 4) is 11.4 Å². The van der Waals surface area contributed by atoms with Gasteiger partial charge in [-0.25, -0.2) is 0 Å². The van der Waals surface area contributed by atoms with Crippen LogP contribution < -0.4 is 5.32 Å². The molecular weight excluding hydrogens is 226 g/mol. The summed E-state index contributed by atoms with van der Waals surface area (Å²) in [5.41, 5.74) is 3.70. The highest BCUT2D eigenvalue weighted by Crippen LogP contribution is 2.19. The fraction of sp³-hybridized carbons (Fsp3) is 0.231. The Morgan fingerprint density at radius 1 is 0.944 bits per heavy atom. The van der Waals surface area contributed by atoms with E-state index < -0.39 is 0 Å². The Balaban J connectivity index is 1.87. The van der Waals surface area contributed by atoms with Crippen molar-refractivity contribution in [3.63, 3.8) is 0 Å². The summed E-state index contributed by atoms with van der Waals surface area (Å²) >= 11 is 0. The Kier molecular flexibility index (Phi) is 3.06. The Labute approximate surface area is 105 Å². The van der Waals surface area contributed by atoms with Crippen LogP contribution in [0, 0.1) is 0 Å². The minimum absolute atomic E-state index is 0.746. The van der Waals surface area contributed by atoms with Crippen LogP contribution in [-0.4, -0.2) is 33.5 Å². The first kappa shape index (κ1) is 11.0. The highest BCUT2D eigenvalue weighted by molar-refractivity contribution is 5.64. The summed E-state index contributed by atoms with van der Waals surface area (Å²) in [6.07, 6.45) is 4.81. The van der Waals surface area contributed by atoms with Crippen molar-refractivity contribution in [2.24, 2.45) is 0 Å². The third-order valence-electron chi connectivity index (χ3n) is 2.89. The molecule has 90 valence electrons. The van der Waals surface area contributed by atoms with E-state index in [1.165, 1.54) is 5.57 Å². The molecule has 3 heterocycles. The minimum atomic E-state index is 0.746. The maximum atomic E-state index is 4.26. The molecule has 0 fully saturated rings. The summed E-state index contributed by atoms with van der Waals surface area (Å²) < 4.78 is 0. The van der Waals surface area contributed by atoms with Crippen molar-refractivity contribution in [2.75, 3.05) is 13.1 Å². The standard InChI is InChI=1S/C13H13N5/c1-2-12(16-15-7-1)13-4-3-11(17-18-13)10-5-8-14-9-6-10/h1-5,7,14H,6,8-9H2. The van der Waals surface area contributed by atoms with Crippen molar-refractivity contribution in [1.29, 1.82) is 0 Å². The van der Waals surface area contributed by atoms with Gasteiger partial charge in [0.1, 0.15) is 11.4 Å². The minimum Gasteiger partial charge on any atom is -0.313 e. The third-order valence-corrected chi connectivity index (χ3v) is 2.89. The van der Waals surface area contributed by atoms with Crippen LogP contribution in [0.3, 0.4) is 0 Å². The topological polar surface area (TPSA) is 63.6 Å². The van der Waals surface area contributed by atoms with E-state index in [1.54, 1.807) is 6.20 Å². The molecule has 18 heavy (non-hydrogen) atoms. The normalized spacial score (nSPS) is 15.2. The fourth-order valence-corrected chi connectivity index (χ4v) is 1.93. The molecule has 2 aromatic heterocycles. The second-order valence-electron chi connectivity index (χ2n) is 4.10.